The molecule has 1 saturated heterocycles. The predicted molar refractivity (Wildman–Crippen MR) is 130 cm³/mol. The lowest BCUT2D eigenvalue weighted by atomic mass is 9.91. The Labute approximate surface area is 201 Å². The lowest BCUT2D eigenvalue weighted by molar-refractivity contribution is -0.134. The van der Waals surface area contributed by atoms with E-state index in [2.05, 4.69) is 29.4 Å². The third-order valence-electron chi connectivity index (χ3n) is 6.43. The highest BCUT2D eigenvalue weighted by atomic mass is 16.5. The van der Waals surface area contributed by atoms with E-state index in [1.807, 2.05) is 55.5 Å². The summed E-state index contributed by atoms with van der Waals surface area (Å²) in [7, 11) is 1.62. The monoisotopic (exact) mass is 466 g/mol. The summed E-state index contributed by atoms with van der Waals surface area (Å²) in [5.41, 5.74) is 1.55. The van der Waals surface area contributed by atoms with Crippen LogP contribution in [0.1, 0.15) is 43.5 Å². The highest BCUT2D eigenvalue weighted by molar-refractivity contribution is 6.09. The molecule has 0 aromatic heterocycles. The molecule has 1 aliphatic heterocycles. The molecule has 2 aromatic rings. The molecule has 34 heavy (non-hydrogen) atoms. The maximum Gasteiger partial charge on any atom is 0.325 e. The standard InChI is InChI=1S/C26H34N4O4/c1-6-29(7-2)22(19-9-8-10-21(15-19)34-5)16-27-23(31)17-30-24(32)26(4,28-25(30)33)20-13-11-18(3)12-14-20/h8-15,22H,6-7,16-17H2,1-5H3,(H,27,31)(H,28,33)/t22-,26+/m1/s1. The van der Waals surface area contributed by atoms with Gasteiger partial charge in [0.1, 0.15) is 17.8 Å². The average Bonchev–Trinajstić information content (AvgIpc) is 3.05. The molecule has 1 heterocycles. The van der Waals surface area contributed by atoms with Gasteiger partial charge in [0.25, 0.3) is 5.91 Å². The van der Waals surface area contributed by atoms with Gasteiger partial charge in [0.05, 0.1) is 13.2 Å². The van der Waals surface area contributed by atoms with Crippen molar-refractivity contribution in [1.82, 2.24) is 20.4 Å². The molecular weight excluding hydrogens is 432 g/mol. The fourth-order valence-corrected chi connectivity index (χ4v) is 4.30. The molecule has 0 unspecified atom stereocenters. The van der Waals surface area contributed by atoms with Gasteiger partial charge in [-0.2, -0.15) is 0 Å². The molecule has 8 heteroatoms. The second-order valence-corrected chi connectivity index (χ2v) is 8.63. The van der Waals surface area contributed by atoms with E-state index in [4.69, 9.17) is 4.74 Å². The number of carbonyl (C=O) groups excluding carboxylic acids is 3. The van der Waals surface area contributed by atoms with Crippen molar-refractivity contribution >= 4 is 17.8 Å². The van der Waals surface area contributed by atoms with Crippen LogP contribution in [-0.2, 0) is 15.1 Å². The lowest BCUT2D eigenvalue weighted by Gasteiger charge is -2.30. The Morgan fingerprint density at radius 3 is 2.44 bits per heavy atom. The Morgan fingerprint density at radius 1 is 1.15 bits per heavy atom. The molecule has 1 fully saturated rings. The Balaban J connectivity index is 1.70. The molecule has 3 rings (SSSR count). The fraction of sp³-hybridized carbons (Fsp3) is 0.423. The molecule has 182 valence electrons. The minimum Gasteiger partial charge on any atom is -0.497 e. The largest absolute Gasteiger partial charge is 0.497 e. The van der Waals surface area contributed by atoms with Crippen LogP contribution >= 0.6 is 0 Å². The highest BCUT2D eigenvalue weighted by Gasteiger charge is 2.49. The van der Waals surface area contributed by atoms with Crippen LogP contribution in [-0.4, -0.2) is 60.9 Å². The summed E-state index contributed by atoms with van der Waals surface area (Å²) in [6.07, 6.45) is 0. The fourth-order valence-electron chi connectivity index (χ4n) is 4.30. The van der Waals surface area contributed by atoms with E-state index < -0.39 is 23.4 Å². The van der Waals surface area contributed by atoms with E-state index in [0.717, 1.165) is 34.9 Å². The zero-order valence-corrected chi connectivity index (χ0v) is 20.6. The number of hydrogen-bond donors (Lipinski definition) is 2. The molecular formula is C26H34N4O4. The van der Waals surface area contributed by atoms with Crippen LogP contribution in [0, 0.1) is 6.92 Å². The molecule has 0 bridgehead atoms. The summed E-state index contributed by atoms with van der Waals surface area (Å²) >= 11 is 0. The summed E-state index contributed by atoms with van der Waals surface area (Å²) in [4.78, 5) is 41.8. The van der Waals surface area contributed by atoms with Gasteiger partial charge in [-0.1, -0.05) is 55.8 Å². The van der Waals surface area contributed by atoms with E-state index in [1.165, 1.54) is 0 Å². The first-order valence-corrected chi connectivity index (χ1v) is 11.6. The van der Waals surface area contributed by atoms with Crippen LogP contribution in [0.3, 0.4) is 0 Å². The molecule has 2 aromatic carbocycles. The maximum atomic E-state index is 13.1. The van der Waals surface area contributed by atoms with Crippen molar-refractivity contribution in [2.75, 3.05) is 33.3 Å². The number of methoxy groups -OCH3 is 1. The Kier molecular flexibility index (Phi) is 7.94. The van der Waals surface area contributed by atoms with Gasteiger partial charge in [-0.05, 0) is 50.2 Å². The number of aryl methyl sites for hydroxylation is 1. The number of hydrogen-bond acceptors (Lipinski definition) is 5. The van der Waals surface area contributed by atoms with Crippen LogP contribution < -0.4 is 15.4 Å². The van der Waals surface area contributed by atoms with Crippen molar-refractivity contribution in [3.63, 3.8) is 0 Å². The second-order valence-electron chi connectivity index (χ2n) is 8.63. The van der Waals surface area contributed by atoms with Crippen LogP contribution in [0.15, 0.2) is 48.5 Å². The Hall–Kier alpha value is -3.39. The number of nitrogens with zero attached hydrogens (tertiary/aromatic N) is 2. The number of amides is 4. The number of urea groups is 1. The molecule has 0 aliphatic carbocycles. The molecule has 0 saturated carbocycles. The van der Waals surface area contributed by atoms with E-state index >= 15 is 0 Å². The number of imide groups is 1. The van der Waals surface area contributed by atoms with E-state index in [9.17, 15) is 14.4 Å². The molecule has 2 atom stereocenters. The first-order valence-electron chi connectivity index (χ1n) is 11.6. The quantitative estimate of drug-likeness (QED) is 0.526. The third-order valence-corrected chi connectivity index (χ3v) is 6.43. The molecule has 0 radical (unpaired) electrons. The minimum absolute atomic E-state index is 0.0741. The maximum absolute atomic E-state index is 13.1. The predicted octanol–water partition coefficient (Wildman–Crippen LogP) is 2.97. The van der Waals surface area contributed by atoms with Gasteiger partial charge in [-0.15, -0.1) is 0 Å². The van der Waals surface area contributed by atoms with Crippen molar-refractivity contribution in [3.05, 3.63) is 65.2 Å². The van der Waals surface area contributed by atoms with Crippen LogP contribution in [0.4, 0.5) is 4.79 Å². The number of rotatable bonds is 10. The minimum atomic E-state index is -1.20. The average molecular weight is 467 g/mol. The summed E-state index contributed by atoms with van der Waals surface area (Å²) < 4.78 is 5.36. The normalized spacial score (nSPS) is 18.7. The van der Waals surface area contributed by atoms with Gasteiger partial charge in [0.2, 0.25) is 5.91 Å². The van der Waals surface area contributed by atoms with Crippen molar-refractivity contribution in [2.24, 2.45) is 0 Å². The van der Waals surface area contributed by atoms with E-state index in [0.29, 0.717) is 12.1 Å². The number of nitrogens with one attached hydrogen (secondary N) is 2. The van der Waals surface area contributed by atoms with Gasteiger partial charge in [0, 0.05) is 6.54 Å². The van der Waals surface area contributed by atoms with Crippen LogP contribution in [0.5, 0.6) is 5.75 Å². The zero-order valence-electron chi connectivity index (χ0n) is 20.6. The SMILES string of the molecule is CCN(CC)[C@H](CNC(=O)CN1C(=O)N[C@@](C)(c2ccc(C)cc2)C1=O)c1cccc(OC)c1. The Bertz CT molecular complexity index is 1040. The van der Waals surface area contributed by atoms with E-state index in [1.54, 1.807) is 14.0 Å². The van der Waals surface area contributed by atoms with Crippen LogP contribution in [0.2, 0.25) is 0 Å². The zero-order chi connectivity index (χ0) is 24.9. The van der Waals surface area contributed by atoms with Crippen molar-refractivity contribution in [2.45, 2.75) is 39.3 Å². The Morgan fingerprint density at radius 2 is 1.82 bits per heavy atom. The number of likely N-dealkylation sites (N-methyl/N-ethyl adjacent to an activating group) is 1. The lowest BCUT2D eigenvalue weighted by Crippen LogP contribution is -2.45. The third kappa shape index (κ3) is 5.22. The second kappa shape index (κ2) is 10.7. The molecule has 4 amide bonds. The smallest absolute Gasteiger partial charge is 0.325 e. The van der Waals surface area contributed by atoms with Gasteiger partial charge in [0.15, 0.2) is 0 Å². The van der Waals surface area contributed by atoms with Gasteiger partial charge in [-0.3, -0.25) is 19.4 Å². The number of ether oxygens (including phenoxy) is 1. The highest BCUT2D eigenvalue weighted by Crippen LogP contribution is 2.29. The van der Waals surface area contributed by atoms with Crippen molar-refractivity contribution < 1.29 is 19.1 Å². The van der Waals surface area contributed by atoms with E-state index in [-0.39, 0.29) is 12.6 Å². The molecule has 2 N–H and O–H groups in total. The van der Waals surface area contributed by atoms with Crippen molar-refractivity contribution in [1.29, 1.82) is 0 Å². The first-order chi connectivity index (χ1) is 16.2. The molecule has 1 aliphatic rings. The summed E-state index contributed by atoms with van der Waals surface area (Å²) in [6.45, 7) is 9.35. The first kappa shape index (κ1) is 25.2. The van der Waals surface area contributed by atoms with Gasteiger partial charge >= 0.3 is 6.03 Å². The molecule has 0 spiro atoms. The van der Waals surface area contributed by atoms with Crippen molar-refractivity contribution in [3.8, 4) is 5.75 Å². The number of benzene rings is 2. The molecule has 8 nitrogen and oxygen atoms in total. The van der Waals surface area contributed by atoms with Gasteiger partial charge < -0.3 is 15.4 Å². The summed E-state index contributed by atoms with van der Waals surface area (Å²) in [5.74, 6) is -0.0861. The topological polar surface area (TPSA) is 91.0 Å². The van der Waals surface area contributed by atoms with Gasteiger partial charge in [-0.25, -0.2) is 4.79 Å². The van der Waals surface area contributed by atoms with Crippen LogP contribution in [0.25, 0.3) is 0 Å². The number of carbonyl (C=O) groups is 3. The summed E-state index contributed by atoms with van der Waals surface area (Å²) in [5, 5.41) is 5.66. The summed E-state index contributed by atoms with van der Waals surface area (Å²) in [6, 6.07) is 14.5.